The number of halogens is 2. The summed E-state index contributed by atoms with van der Waals surface area (Å²) >= 11 is 3.30. The lowest BCUT2D eigenvalue weighted by Crippen LogP contribution is -2.29. The van der Waals surface area contributed by atoms with E-state index in [1.165, 1.54) is 12.1 Å². The largest absolute Gasteiger partial charge is 0.426 e. The van der Waals surface area contributed by atoms with Crippen LogP contribution in [0, 0.1) is 5.82 Å². The van der Waals surface area contributed by atoms with Crippen molar-refractivity contribution in [2.24, 2.45) is 0 Å². The van der Waals surface area contributed by atoms with Gasteiger partial charge in [-0.25, -0.2) is 4.39 Å². The average molecular weight is 446 g/mol. The highest BCUT2D eigenvalue weighted by Crippen LogP contribution is 2.32. The predicted octanol–water partition coefficient (Wildman–Crippen LogP) is 6.00. The molecule has 138 valence electrons. The van der Waals surface area contributed by atoms with Crippen molar-refractivity contribution in [3.8, 4) is 5.75 Å². The zero-order chi connectivity index (χ0) is 19.4. The molecule has 0 aliphatic rings. The Balaban J connectivity index is 1.93. The van der Waals surface area contributed by atoms with E-state index in [-0.39, 0.29) is 22.7 Å². The standard InChI is InChI=1S/C22H19BrFO2S/c1-22(2,23)21(25)26-17-10-14-20(15-11-17)27(18-6-4-3-5-7-18)19-12-8-16(24)9-13-19/h3-15H,1-2H3/q+1. The molecule has 1 atom stereocenters. The van der Waals surface area contributed by atoms with Crippen LogP contribution in [0.5, 0.6) is 5.75 Å². The van der Waals surface area contributed by atoms with Gasteiger partial charge in [-0.1, -0.05) is 34.1 Å². The Morgan fingerprint density at radius 2 is 1.33 bits per heavy atom. The van der Waals surface area contributed by atoms with Crippen LogP contribution in [0.25, 0.3) is 0 Å². The monoisotopic (exact) mass is 445 g/mol. The number of ether oxygens (including phenoxy) is 1. The number of rotatable bonds is 5. The number of alkyl halides is 1. The summed E-state index contributed by atoms with van der Waals surface area (Å²) in [4.78, 5) is 15.2. The van der Waals surface area contributed by atoms with Gasteiger partial charge in [0.2, 0.25) is 0 Å². The molecule has 0 saturated heterocycles. The van der Waals surface area contributed by atoms with Crippen LogP contribution in [0.2, 0.25) is 0 Å². The van der Waals surface area contributed by atoms with Gasteiger partial charge in [-0.05, 0) is 74.5 Å². The lowest BCUT2D eigenvalue weighted by Gasteiger charge is -2.14. The Hall–Kier alpha value is -2.11. The second-order valence-corrected chi connectivity index (χ2v) is 10.4. The second-order valence-electron chi connectivity index (χ2n) is 6.41. The Morgan fingerprint density at radius 1 is 0.852 bits per heavy atom. The van der Waals surface area contributed by atoms with Gasteiger partial charge in [-0.2, -0.15) is 0 Å². The van der Waals surface area contributed by atoms with Gasteiger partial charge in [0.05, 0.1) is 10.9 Å². The SMILES string of the molecule is CC(C)(Br)C(=O)Oc1ccc([S+](c2ccccc2)c2ccc(F)cc2)cc1. The van der Waals surface area contributed by atoms with E-state index in [1.807, 2.05) is 42.5 Å². The maximum Gasteiger partial charge on any atom is 0.327 e. The van der Waals surface area contributed by atoms with Gasteiger partial charge in [0, 0.05) is 0 Å². The maximum atomic E-state index is 13.4. The molecule has 0 saturated carbocycles. The van der Waals surface area contributed by atoms with Crippen LogP contribution < -0.4 is 4.74 Å². The highest BCUT2D eigenvalue weighted by Gasteiger charge is 2.29. The molecule has 5 heteroatoms. The smallest absolute Gasteiger partial charge is 0.327 e. The molecule has 0 aliphatic heterocycles. The van der Waals surface area contributed by atoms with Crippen LogP contribution in [0.3, 0.4) is 0 Å². The summed E-state index contributed by atoms with van der Waals surface area (Å²) in [6.45, 7) is 3.48. The van der Waals surface area contributed by atoms with E-state index in [0.717, 1.165) is 14.7 Å². The molecule has 0 N–H and O–H groups in total. The Bertz CT molecular complexity index is 904. The van der Waals surface area contributed by atoms with Crippen LogP contribution >= 0.6 is 15.9 Å². The lowest BCUT2D eigenvalue weighted by atomic mass is 10.2. The molecule has 0 spiro atoms. The number of benzene rings is 3. The predicted molar refractivity (Wildman–Crippen MR) is 110 cm³/mol. The van der Waals surface area contributed by atoms with Crippen molar-refractivity contribution in [1.29, 1.82) is 0 Å². The number of carbonyl (C=O) groups is 1. The molecular formula is C22H19BrFO2S+. The first-order valence-corrected chi connectivity index (χ1v) is 10.4. The zero-order valence-corrected chi connectivity index (χ0v) is 17.4. The molecule has 3 aromatic rings. The van der Waals surface area contributed by atoms with E-state index >= 15 is 0 Å². The minimum absolute atomic E-state index is 0.255. The maximum absolute atomic E-state index is 13.4. The summed E-state index contributed by atoms with van der Waals surface area (Å²) in [6.07, 6.45) is 0. The summed E-state index contributed by atoms with van der Waals surface area (Å²) in [6, 6.07) is 24.1. The number of carbonyl (C=O) groups excluding carboxylic acids is 1. The van der Waals surface area contributed by atoms with Crippen LogP contribution in [0.1, 0.15) is 13.8 Å². The van der Waals surface area contributed by atoms with Crippen LogP contribution in [-0.4, -0.2) is 10.3 Å². The number of esters is 1. The van der Waals surface area contributed by atoms with E-state index in [4.69, 9.17) is 4.74 Å². The second kappa shape index (κ2) is 8.28. The summed E-state index contributed by atoms with van der Waals surface area (Å²) in [5.74, 6) is -0.113. The highest BCUT2D eigenvalue weighted by atomic mass is 79.9. The van der Waals surface area contributed by atoms with E-state index in [2.05, 4.69) is 28.1 Å². The molecule has 0 heterocycles. The van der Waals surface area contributed by atoms with Gasteiger partial charge in [-0.15, -0.1) is 0 Å². The Kier molecular flexibility index (Phi) is 6.02. The highest BCUT2D eigenvalue weighted by molar-refractivity contribution is 9.10. The third-order valence-corrected chi connectivity index (χ3v) is 6.34. The van der Waals surface area contributed by atoms with Crippen molar-refractivity contribution >= 4 is 32.8 Å². The molecule has 0 bridgehead atoms. The fraction of sp³-hybridized carbons (Fsp3) is 0.136. The van der Waals surface area contributed by atoms with E-state index in [9.17, 15) is 9.18 Å². The normalized spacial score (nSPS) is 12.4. The van der Waals surface area contributed by atoms with Gasteiger partial charge in [0.1, 0.15) is 15.9 Å². The fourth-order valence-corrected chi connectivity index (χ4v) is 4.55. The molecule has 1 unspecified atom stereocenters. The fourth-order valence-electron chi connectivity index (χ4n) is 2.41. The van der Waals surface area contributed by atoms with Gasteiger partial charge < -0.3 is 4.74 Å². The topological polar surface area (TPSA) is 26.3 Å². The number of hydrogen-bond acceptors (Lipinski definition) is 2. The molecule has 3 aromatic carbocycles. The van der Waals surface area contributed by atoms with E-state index in [1.54, 1.807) is 26.0 Å². The van der Waals surface area contributed by atoms with Gasteiger partial charge in [0.25, 0.3) is 0 Å². The lowest BCUT2D eigenvalue weighted by molar-refractivity contribution is -0.136. The molecule has 0 aromatic heterocycles. The van der Waals surface area contributed by atoms with Crippen molar-refractivity contribution in [1.82, 2.24) is 0 Å². The Morgan fingerprint density at radius 3 is 1.85 bits per heavy atom. The summed E-state index contributed by atoms with van der Waals surface area (Å²) < 4.78 is 18.0. The van der Waals surface area contributed by atoms with Crippen molar-refractivity contribution in [3.63, 3.8) is 0 Å². The van der Waals surface area contributed by atoms with Crippen LogP contribution in [0.15, 0.2) is 93.5 Å². The minimum atomic E-state index is -0.742. The van der Waals surface area contributed by atoms with Crippen molar-refractivity contribution in [2.45, 2.75) is 32.9 Å². The first kappa shape index (κ1) is 19.6. The van der Waals surface area contributed by atoms with Gasteiger partial charge in [-0.3, -0.25) is 4.79 Å². The van der Waals surface area contributed by atoms with Crippen molar-refractivity contribution < 1.29 is 13.9 Å². The third kappa shape index (κ3) is 4.99. The quantitative estimate of drug-likeness (QED) is 0.208. The van der Waals surface area contributed by atoms with Gasteiger partial charge in [0.15, 0.2) is 14.7 Å². The van der Waals surface area contributed by atoms with E-state index in [0.29, 0.717) is 5.75 Å². The third-order valence-electron chi connectivity index (χ3n) is 3.78. The van der Waals surface area contributed by atoms with Crippen LogP contribution in [0.4, 0.5) is 4.39 Å². The molecule has 0 amide bonds. The molecule has 0 aliphatic carbocycles. The van der Waals surface area contributed by atoms with Crippen molar-refractivity contribution in [2.75, 3.05) is 0 Å². The molecular weight excluding hydrogens is 427 g/mol. The van der Waals surface area contributed by atoms with Crippen molar-refractivity contribution in [3.05, 3.63) is 84.7 Å². The molecule has 27 heavy (non-hydrogen) atoms. The first-order valence-electron chi connectivity index (χ1n) is 8.41. The Labute approximate surface area is 169 Å². The van der Waals surface area contributed by atoms with Gasteiger partial charge >= 0.3 is 5.97 Å². The molecule has 0 fully saturated rings. The average Bonchev–Trinajstić information content (AvgIpc) is 2.65. The summed E-state index contributed by atoms with van der Waals surface area (Å²) in [7, 11) is -0.377. The van der Waals surface area contributed by atoms with Crippen LogP contribution in [-0.2, 0) is 15.7 Å². The molecule has 2 nitrogen and oxygen atoms in total. The zero-order valence-electron chi connectivity index (χ0n) is 15.0. The minimum Gasteiger partial charge on any atom is -0.426 e. The summed E-state index contributed by atoms with van der Waals surface area (Å²) in [5.41, 5.74) is 0. The number of hydrogen-bond donors (Lipinski definition) is 0. The molecule has 3 rings (SSSR count). The summed E-state index contributed by atoms with van der Waals surface area (Å²) in [5, 5.41) is 0. The first-order chi connectivity index (χ1) is 12.8. The van der Waals surface area contributed by atoms with E-state index < -0.39 is 4.32 Å². The molecule has 0 radical (unpaired) electrons.